The molecule has 5 nitrogen and oxygen atoms in total. The van der Waals surface area contributed by atoms with Crippen LogP contribution < -0.4 is 10.0 Å². The second-order valence-electron chi connectivity index (χ2n) is 5.81. The smallest absolute Gasteiger partial charge is 0.381 e. The van der Waals surface area contributed by atoms with Crippen LogP contribution in [0.2, 0.25) is 0 Å². The summed E-state index contributed by atoms with van der Waals surface area (Å²) >= 11 is 0. The summed E-state index contributed by atoms with van der Waals surface area (Å²) in [6.45, 7) is 4.42. The van der Waals surface area contributed by atoms with Crippen LogP contribution in [0, 0.1) is 5.92 Å². The maximum Gasteiger partial charge on any atom is 0.417 e. The highest BCUT2D eigenvalue weighted by atomic mass is 32.2. The Morgan fingerprint density at radius 1 is 1.29 bits per heavy atom. The van der Waals surface area contributed by atoms with E-state index in [0.717, 1.165) is 25.0 Å². The SMILES string of the molecule is CCOCC1CCN(c2ccc(S(N)(=O)=O)c(C(F)(F)F)c2)CC1. The number of alkyl halides is 3. The zero-order chi connectivity index (χ0) is 18.0. The van der Waals surface area contributed by atoms with Gasteiger partial charge in [0.15, 0.2) is 0 Å². The van der Waals surface area contributed by atoms with Crippen molar-refractivity contribution in [3.05, 3.63) is 23.8 Å². The van der Waals surface area contributed by atoms with E-state index in [1.54, 1.807) is 0 Å². The number of hydrogen-bond donors (Lipinski definition) is 1. The minimum absolute atomic E-state index is 0.351. The number of piperidine rings is 1. The van der Waals surface area contributed by atoms with Gasteiger partial charge in [-0.1, -0.05) is 0 Å². The number of anilines is 1. The monoisotopic (exact) mass is 366 g/mol. The van der Waals surface area contributed by atoms with Gasteiger partial charge < -0.3 is 9.64 Å². The Balaban J connectivity index is 2.21. The fourth-order valence-electron chi connectivity index (χ4n) is 2.83. The summed E-state index contributed by atoms with van der Waals surface area (Å²) in [6.07, 6.45) is -3.15. The summed E-state index contributed by atoms with van der Waals surface area (Å²) < 4.78 is 67.7. The van der Waals surface area contributed by atoms with Crippen molar-refractivity contribution in [2.45, 2.75) is 30.8 Å². The van der Waals surface area contributed by atoms with Gasteiger partial charge in [0.25, 0.3) is 0 Å². The summed E-state index contributed by atoms with van der Waals surface area (Å²) in [4.78, 5) is 0.926. The Labute approximate surface area is 139 Å². The number of primary sulfonamides is 1. The highest BCUT2D eigenvalue weighted by Gasteiger charge is 2.37. The molecule has 0 bridgehead atoms. The summed E-state index contributed by atoms with van der Waals surface area (Å²) in [6, 6.07) is 3.17. The van der Waals surface area contributed by atoms with Crippen molar-refractivity contribution < 1.29 is 26.3 Å². The molecule has 0 atom stereocenters. The van der Waals surface area contributed by atoms with E-state index in [2.05, 4.69) is 0 Å². The molecule has 24 heavy (non-hydrogen) atoms. The quantitative estimate of drug-likeness (QED) is 0.869. The van der Waals surface area contributed by atoms with Gasteiger partial charge in [-0.05, 0) is 43.9 Å². The number of nitrogens with zero attached hydrogens (tertiary/aromatic N) is 1. The van der Waals surface area contributed by atoms with Gasteiger partial charge >= 0.3 is 6.18 Å². The third-order valence-electron chi connectivity index (χ3n) is 4.11. The van der Waals surface area contributed by atoms with E-state index in [4.69, 9.17) is 9.88 Å². The Morgan fingerprint density at radius 3 is 2.42 bits per heavy atom. The lowest BCUT2D eigenvalue weighted by Gasteiger charge is -2.34. The third-order valence-corrected chi connectivity index (χ3v) is 5.08. The van der Waals surface area contributed by atoms with Crippen LogP contribution in [0.15, 0.2) is 23.1 Å². The van der Waals surface area contributed by atoms with Crippen molar-refractivity contribution in [1.29, 1.82) is 0 Å². The number of nitrogens with two attached hydrogens (primary N) is 1. The van der Waals surface area contributed by atoms with Crippen molar-refractivity contribution in [3.63, 3.8) is 0 Å². The molecule has 2 rings (SSSR count). The van der Waals surface area contributed by atoms with E-state index < -0.39 is 26.7 Å². The molecular weight excluding hydrogens is 345 g/mol. The molecular formula is C15H21F3N2O3S. The molecule has 1 aromatic rings. The molecule has 0 saturated carbocycles. The average molecular weight is 366 g/mol. The fourth-order valence-corrected chi connectivity index (χ4v) is 3.57. The van der Waals surface area contributed by atoms with Crippen LogP contribution >= 0.6 is 0 Å². The van der Waals surface area contributed by atoms with Crippen molar-refractivity contribution in [2.24, 2.45) is 11.1 Å². The Bertz CT molecular complexity index is 669. The molecule has 9 heteroatoms. The van der Waals surface area contributed by atoms with Gasteiger partial charge in [-0.3, -0.25) is 0 Å². The minimum atomic E-state index is -4.79. The van der Waals surface area contributed by atoms with Gasteiger partial charge in [-0.25, -0.2) is 13.6 Å². The number of hydrogen-bond acceptors (Lipinski definition) is 4. The van der Waals surface area contributed by atoms with E-state index in [0.29, 0.717) is 37.9 Å². The first kappa shape index (κ1) is 19.0. The molecule has 0 amide bonds. The molecule has 2 N–H and O–H groups in total. The fraction of sp³-hybridized carbons (Fsp3) is 0.600. The summed E-state index contributed by atoms with van der Waals surface area (Å²) in [5.74, 6) is 0.395. The Morgan fingerprint density at radius 2 is 1.92 bits per heavy atom. The van der Waals surface area contributed by atoms with Gasteiger partial charge in [0.05, 0.1) is 10.5 Å². The number of benzene rings is 1. The van der Waals surface area contributed by atoms with Gasteiger partial charge in [-0.2, -0.15) is 13.2 Å². The van der Waals surface area contributed by atoms with Crippen molar-refractivity contribution in [3.8, 4) is 0 Å². The molecule has 0 unspecified atom stereocenters. The topological polar surface area (TPSA) is 72.6 Å². The standard InChI is InChI=1S/C15H21F3N2O3S/c1-2-23-10-11-5-7-20(8-6-11)12-3-4-14(24(19,21)22)13(9-12)15(16,17)18/h3-4,9,11H,2,5-8,10H2,1H3,(H2,19,21,22). The molecule has 1 heterocycles. The first-order valence-electron chi connectivity index (χ1n) is 7.69. The number of ether oxygens (including phenoxy) is 1. The molecule has 1 saturated heterocycles. The van der Waals surface area contributed by atoms with E-state index in [9.17, 15) is 21.6 Å². The van der Waals surface area contributed by atoms with Crippen LogP contribution in [0.25, 0.3) is 0 Å². The van der Waals surface area contributed by atoms with Crippen molar-refractivity contribution in [2.75, 3.05) is 31.2 Å². The molecule has 1 aromatic carbocycles. The maximum absolute atomic E-state index is 13.2. The van der Waals surface area contributed by atoms with E-state index >= 15 is 0 Å². The predicted molar refractivity (Wildman–Crippen MR) is 84.2 cm³/mol. The lowest BCUT2D eigenvalue weighted by atomic mass is 9.97. The van der Waals surface area contributed by atoms with E-state index in [1.807, 2.05) is 11.8 Å². The Kier molecular flexibility index (Phi) is 5.77. The first-order valence-corrected chi connectivity index (χ1v) is 9.24. The lowest BCUT2D eigenvalue weighted by Crippen LogP contribution is -2.35. The van der Waals surface area contributed by atoms with Crippen LogP contribution in [-0.4, -0.2) is 34.7 Å². The number of rotatable bonds is 5. The summed E-state index contributed by atoms with van der Waals surface area (Å²) in [7, 11) is -4.44. The largest absolute Gasteiger partial charge is 0.417 e. The minimum Gasteiger partial charge on any atom is -0.381 e. The van der Waals surface area contributed by atoms with Crippen LogP contribution in [-0.2, 0) is 20.9 Å². The summed E-state index contributed by atoms with van der Waals surface area (Å²) in [5, 5.41) is 4.89. The van der Waals surface area contributed by atoms with Gasteiger partial charge in [0.1, 0.15) is 0 Å². The third kappa shape index (κ3) is 4.61. The molecule has 0 aromatic heterocycles. The van der Waals surface area contributed by atoms with Gasteiger partial charge in [0, 0.05) is 32.0 Å². The molecule has 136 valence electrons. The highest BCUT2D eigenvalue weighted by Crippen LogP contribution is 2.37. The zero-order valence-corrected chi connectivity index (χ0v) is 14.2. The lowest BCUT2D eigenvalue weighted by molar-refractivity contribution is -0.139. The zero-order valence-electron chi connectivity index (χ0n) is 13.3. The van der Waals surface area contributed by atoms with Crippen molar-refractivity contribution in [1.82, 2.24) is 0 Å². The first-order chi connectivity index (χ1) is 11.1. The second-order valence-corrected chi connectivity index (χ2v) is 7.34. The molecule has 1 aliphatic rings. The predicted octanol–water partition coefficient (Wildman–Crippen LogP) is 2.61. The van der Waals surface area contributed by atoms with E-state index in [-0.39, 0.29) is 0 Å². The van der Waals surface area contributed by atoms with Crippen molar-refractivity contribution >= 4 is 15.7 Å². The molecule has 1 fully saturated rings. The maximum atomic E-state index is 13.2. The molecule has 0 radical (unpaired) electrons. The molecule has 1 aliphatic heterocycles. The van der Waals surface area contributed by atoms with Crippen LogP contribution in [0.1, 0.15) is 25.3 Å². The van der Waals surface area contributed by atoms with Crippen LogP contribution in [0.3, 0.4) is 0 Å². The molecule has 0 aliphatic carbocycles. The summed E-state index contributed by atoms with van der Waals surface area (Å²) in [5.41, 5.74) is -0.872. The molecule has 0 spiro atoms. The van der Waals surface area contributed by atoms with Gasteiger partial charge in [0.2, 0.25) is 10.0 Å². The van der Waals surface area contributed by atoms with Crippen LogP contribution in [0.4, 0.5) is 18.9 Å². The second kappa shape index (κ2) is 7.28. The number of halogens is 3. The Hall–Kier alpha value is -1.32. The average Bonchev–Trinajstić information content (AvgIpc) is 2.51. The number of sulfonamides is 1. The van der Waals surface area contributed by atoms with E-state index in [1.165, 1.54) is 6.07 Å². The van der Waals surface area contributed by atoms with Crippen LogP contribution in [0.5, 0.6) is 0 Å². The highest BCUT2D eigenvalue weighted by molar-refractivity contribution is 7.89. The van der Waals surface area contributed by atoms with Gasteiger partial charge in [-0.15, -0.1) is 0 Å². The normalized spacial score (nSPS) is 17.3.